The van der Waals surface area contributed by atoms with Crippen molar-refractivity contribution in [2.75, 3.05) is 5.32 Å². The number of benzene rings is 1. The van der Waals surface area contributed by atoms with Crippen LogP contribution in [0.2, 0.25) is 0 Å². The van der Waals surface area contributed by atoms with Gasteiger partial charge in [-0.3, -0.25) is 14.2 Å². The van der Waals surface area contributed by atoms with Crippen molar-refractivity contribution in [2.45, 2.75) is 33.9 Å². The highest BCUT2D eigenvalue weighted by molar-refractivity contribution is 7.12. The molecular formula is C23H25N5O2S. The smallest absolute Gasteiger partial charge is 0.265 e. The van der Waals surface area contributed by atoms with Crippen LogP contribution in [-0.4, -0.2) is 25.5 Å². The third kappa shape index (κ3) is 4.86. The molecular weight excluding hydrogens is 410 g/mol. The van der Waals surface area contributed by atoms with Crippen LogP contribution < -0.4 is 10.1 Å². The molecule has 0 aliphatic heterocycles. The van der Waals surface area contributed by atoms with E-state index in [0.29, 0.717) is 23.7 Å². The van der Waals surface area contributed by atoms with Gasteiger partial charge in [-0.1, -0.05) is 18.2 Å². The van der Waals surface area contributed by atoms with Gasteiger partial charge in [0.1, 0.15) is 12.4 Å². The minimum absolute atomic E-state index is 0.152. The quantitative estimate of drug-likeness (QED) is 0.464. The molecule has 3 aromatic heterocycles. The zero-order valence-corrected chi connectivity index (χ0v) is 18.9. The van der Waals surface area contributed by atoms with Crippen molar-refractivity contribution in [2.24, 2.45) is 7.05 Å². The highest BCUT2D eigenvalue weighted by Gasteiger charge is 2.13. The summed E-state index contributed by atoms with van der Waals surface area (Å²) in [4.78, 5) is 13.3. The first kappa shape index (κ1) is 20.9. The van der Waals surface area contributed by atoms with Crippen LogP contribution in [0.1, 0.15) is 37.6 Å². The Kier molecular flexibility index (Phi) is 5.90. The molecule has 160 valence electrons. The first-order valence-electron chi connectivity index (χ1n) is 9.98. The van der Waals surface area contributed by atoms with Crippen molar-refractivity contribution in [3.05, 3.63) is 81.1 Å². The summed E-state index contributed by atoms with van der Waals surface area (Å²) in [6.07, 6.45) is 5.45. The van der Waals surface area contributed by atoms with Gasteiger partial charge >= 0.3 is 0 Å². The van der Waals surface area contributed by atoms with E-state index in [1.807, 2.05) is 69.9 Å². The molecule has 3 heterocycles. The molecule has 0 saturated heterocycles. The number of carbonyl (C=O) groups excluding carboxylic acids is 1. The molecule has 0 radical (unpaired) electrons. The van der Waals surface area contributed by atoms with Gasteiger partial charge in [-0.05, 0) is 43.3 Å². The molecule has 0 fully saturated rings. The summed E-state index contributed by atoms with van der Waals surface area (Å²) in [6.45, 7) is 7.07. The molecule has 0 aliphatic carbocycles. The van der Waals surface area contributed by atoms with Gasteiger partial charge in [0.15, 0.2) is 0 Å². The lowest BCUT2D eigenvalue weighted by Crippen LogP contribution is -2.09. The van der Waals surface area contributed by atoms with Crippen molar-refractivity contribution in [3.63, 3.8) is 0 Å². The summed E-state index contributed by atoms with van der Waals surface area (Å²) in [5.41, 5.74) is 5.90. The van der Waals surface area contributed by atoms with Crippen LogP contribution in [0.3, 0.4) is 0 Å². The van der Waals surface area contributed by atoms with Gasteiger partial charge in [-0.15, -0.1) is 11.3 Å². The van der Waals surface area contributed by atoms with Crippen LogP contribution in [0.25, 0.3) is 0 Å². The average molecular weight is 436 g/mol. The molecule has 1 N–H and O–H groups in total. The summed E-state index contributed by atoms with van der Waals surface area (Å²) in [5, 5.41) is 13.6. The van der Waals surface area contributed by atoms with Crippen LogP contribution in [0.15, 0.2) is 48.2 Å². The second-order valence-corrected chi connectivity index (χ2v) is 8.53. The molecule has 0 atom stereocenters. The number of ether oxygens (including phenoxy) is 1. The fourth-order valence-electron chi connectivity index (χ4n) is 3.44. The maximum Gasteiger partial charge on any atom is 0.265 e. The topological polar surface area (TPSA) is 74.0 Å². The molecule has 8 heteroatoms. The summed E-state index contributed by atoms with van der Waals surface area (Å²) in [5.74, 6) is 0.747. The Morgan fingerprint density at radius 2 is 1.97 bits per heavy atom. The van der Waals surface area contributed by atoms with E-state index >= 15 is 0 Å². The molecule has 31 heavy (non-hydrogen) atoms. The van der Waals surface area contributed by atoms with Crippen LogP contribution >= 0.6 is 11.3 Å². The third-order valence-corrected chi connectivity index (χ3v) is 5.99. The van der Waals surface area contributed by atoms with Gasteiger partial charge in [-0.25, -0.2) is 0 Å². The number of aryl methyl sites for hydroxylation is 4. The van der Waals surface area contributed by atoms with E-state index in [9.17, 15) is 4.79 Å². The van der Waals surface area contributed by atoms with Gasteiger partial charge in [0.25, 0.3) is 5.91 Å². The number of amides is 1. The summed E-state index contributed by atoms with van der Waals surface area (Å²) in [7, 11) is 1.90. The predicted octanol–water partition coefficient (Wildman–Crippen LogP) is 4.48. The number of hydrogen-bond donors (Lipinski definition) is 1. The summed E-state index contributed by atoms with van der Waals surface area (Å²) in [6, 6.07) is 7.96. The van der Waals surface area contributed by atoms with Crippen molar-refractivity contribution in [1.29, 1.82) is 0 Å². The SMILES string of the molecule is Cc1cccc(C)c1OCc1csc(C(=O)Nc2cnn(Cc3cn(C)nc3C)c2)c1. The molecule has 4 rings (SSSR count). The third-order valence-electron chi connectivity index (χ3n) is 5.01. The summed E-state index contributed by atoms with van der Waals surface area (Å²) < 4.78 is 9.57. The van der Waals surface area contributed by atoms with E-state index in [1.165, 1.54) is 11.3 Å². The minimum atomic E-state index is -0.152. The van der Waals surface area contributed by atoms with E-state index < -0.39 is 0 Å². The number of carbonyl (C=O) groups is 1. The number of para-hydroxylation sites is 1. The van der Waals surface area contributed by atoms with E-state index in [1.54, 1.807) is 15.6 Å². The molecule has 0 saturated carbocycles. The van der Waals surface area contributed by atoms with Gasteiger partial charge < -0.3 is 10.1 Å². The zero-order chi connectivity index (χ0) is 22.0. The fourth-order valence-corrected chi connectivity index (χ4v) is 4.23. The molecule has 1 aromatic carbocycles. The average Bonchev–Trinajstić information content (AvgIpc) is 3.43. The van der Waals surface area contributed by atoms with Crippen molar-refractivity contribution < 1.29 is 9.53 Å². The largest absolute Gasteiger partial charge is 0.488 e. The maximum atomic E-state index is 12.6. The van der Waals surface area contributed by atoms with Gasteiger partial charge in [0.05, 0.1) is 29.0 Å². The Morgan fingerprint density at radius 1 is 1.19 bits per heavy atom. The summed E-state index contributed by atoms with van der Waals surface area (Å²) >= 11 is 1.40. The van der Waals surface area contributed by atoms with E-state index in [-0.39, 0.29) is 5.91 Å². The van der Waals surface area contributed by atoms with Gasteiger partial charge in [0, 0.05) is 30.6 Å². The molecule has 0 bridgehead atoms. The Bertz CT molecular complexity index is 1200. The van der Waals surface area contributed by atoms with E-state index in [4.69, 9.17) is 4.74 Å². The monoisotopic (exact) mass is 435 g/mol. The number of aromatic nitrogens is 4. The van der Waals surface area contributed by atoms with E-state index in [2.05, 4.69) is 15.5 Å². The predicted molar refractivity (Wildman–Crippen MR) is 122 cm³/mol. The second-order valence-electron chi connectivity index (χ2n) is 7.62. The molecule has 0 aliphatic rings. The van der Waals surface area contributed by atoms with Gasteiger partial charge in [0.2, 0.25) is 0 Å². The van der Waals surface area contributed by atoms with E-state index in [0.717, 1.165) is 33.7 Å². The minimum Gasteiger partial charge on any atom is -0.488 e. The molecule has 0 unspecified atom stereocenters. The van der Waals surface area contributed by atoms with Gasteiger partial charge in [-0.2, -0.15) is 10.2 Å². The Hall–Kier alpha value is -3.39. The Morgan fingerprint density at radius 3 is 2.68 bits per heavy atom. The molecule has 7 nitrogen and oxygen atoms in total. The zero-order valence-electron chi connectivity index (χ0n) is 18.0. The lowest BCUT2D eigenvalue weighted by molar-refractivity contribution is 0.103. The standard InChI is InChI=1S/C23H25N5O2S/c1-15-6-5-7-16(2)22(15)30-13-18-8-21(31-14-18)23(29)25-20-9-24-28(12-20)11-19-10-27(4)26-17(19)3/h5-10,12,14H,11,13H2,1-4H3,(H,25,29). The number of nitrogens with one attached hydrogen (secondary N) is 1. The number of thiophene rings is 1. The first-order chi connectivity index (χ1) is 14.9. The Labute approximate surface area is 185 Å². The maximum absolute atomic E-state index is 12.6. The number of nitrogens with zero attached hydrogens (tertiary/aromatic N) is 4. The highest BCUT2D eigenvalue weighted by Crippen LogP contribution is 2.25. The van der Waals surface area contributed by atoms with Crippen molar-refractivity contribution >= 4 is 22.9 Å². The van der Waals surface area contributed by atoms with Crippen molar-refractivity contribution in [1.82, 2.24) is 19.6 Å². The number of anilines is 1. The highest BCUT2D eigenvalue weighted by atomic mass is 32.1. The second kappa shape index (κ2) is 8.77. The molecule has 4 aromatic rings. The normalized spacial score (nSPS) is 11.0. The van der Waals surface area contributed by atoms with Crippen LogP contribution in [0.5, 0.6) is 5.75 Å². The number of hydrogen-bond acceptors (Lipinski definition) is 5. The lowest BCUT2D eigenvalue weighted by atomic mass is 10.1. The lowest BCUT2D eigenvalue weighted by Gasteiger charge is -2.10. The van der Waals surface area contributed by atoms with Crippen LogP contribution in [-0.2, 0) is 20.2 Å². The molecule has 1 amide bonds. The number of rotatable bonds is 7. The molecule has 0 spiro atoms. The fraction of sp³-hybridized carbons (Fsp3) is 0.261. The first-order valence-corrected chi connectivity index (χ1v) is 10.9. The van der Waals surface area contributed by atoms with Crippen LogP contribution in [0, 0.1) is 20.8 Å². The Balaban J connectivity index is 1.36. The van der Waals surface area contributed by atoms with Crippen molar-refractivity contribution in [3.8, 4) is 5.75 Å². The van der Waals surface area contributed by atoms with Crippen LogP contribution in [0.4, 0.5) is 5.69 Å².